The number of fused-ring (bicyclic) bond motifs is 6. The number of aromatic amines is 2. The van der Waals surface area contributed by atoms with Gasteiger partial charge in [-0.25, -0.2) is 55.6 Å². The predicted molar refractivity (Wildman–Crippen MR) is 526 cm³/mol. The first-order valence-corrected chi connectivity index (χ1v) is 54.4. The zero-order chi connectivity index (χ0) is 106. The summed E-state index contributed by atoms with van der Waals surface area (Å²) in [5, 5.41) is 36.6. The van der Waals surface area contributed by atoms with E-state index in [0.717, 1.165) is 107 Å². The molecule has 784 valence electrons. The highest BCUT2D eigenvalue weighted by molar-refractivity contribution is 7.67. The number of amides is 6. The number of H-pyrrole nitrogens is 2. The van der Waals surface area contributed by atoms with Crippen LogP contribution in [0.3, 0.4) is 0 Å². The first-order valence-electron chi connectivity index (χ1n) is 43.8. The minimum Gasteiger partial charge on any atom is -0.756 e. The van der Waals surface area contributed by atoms with Crippen LogP contribution in [0.2, 0.25) is 0 Å². The number of imidazole rings is 2. The van der Waals surface area contributed by atoms with Crippen LogP contribution < -0.4 is 83.3 Å². The zero-order valence-corrected chi connectivity index (χ0v) is 86.0. The molecule has 0 radical (unpaired) electrons. The van der Waals surface area contributed by atoms with Crippen LogP contribution >= 0.6 is 69.6 Å². The fraction of sp³-hybridized carbons (Fsp3) is 0.357. The van der Waals surface area contributed by atoms with Crippen molar-refractivity contribution in [1.82, 2.24) is 79.3 Å². The van der Waals surface area contributed by atoms with Crippen LogP contribution in [-0.4, -0.2) is 284 Å². The number of aliphatic hydroxyl groups is 2. The third kappa shape index (κ3) is 27.7. The minimum atomic E-state index is -5.98. The molecule has 4 aromatic heterocycles. The van der Waals surface area contributed by atoms with Crippen molar-refractivity contribution >= 4 is 171 Å². The maximum atomic E-state index is 14.2. The topological polar surface area (TPSA) is 751 Å². The summed E-state index contributed by atoms with van der Waals surface area (Å²) >= 11 is 3.36. The Hall–Kier alpha value is -11.9. The highest BCUT2D eigenvalue weighted by Crippen LogP contribution is 2.67. The molecule has 2 fully saturated rings. The van der Waals surface area contributed by atoms with E-state index < -0.39 is 144 Å². The Balaban J connectivity index is 0.000000244. The van der Waals surface area contributed by atoms with Crippen molar-refractivity contribution in [3.8, 4) is 43.1 Å². The van der Waals surface area contributed by atoms with Crippen molar-refractivity contribution < 1.29 is 151 Å². The van der Waals surface area contributed by atoms with Crippen LogP contribution in [0.1, 0.15) is 58.9 Å². The maximum absolute atomic E-state index is 14.2. The van der Waals surface area contributed by atoms with E-state index in [1.807, 2.05) is 112 Å². The number of anilines is 4. The molecule has 2 saturated heterocycles. The van der Waals surface area contributed by atoms with E-state index in [0.29, 0.717) is 17.5 Å². The van der Waals surface area contributed by atoms with Gasteiger partial charge in [0, 0.05) is 182 Å². The second-order valence-corrected chi connectivity index (χ2v) is 44.6. The number of phosphoric ester groups is 2. The maximum Gasteiger partial charge on any atom is 0.487 e. The fourth-order valence-corrected chi connectivity index (χ4v) is 23.9. The van der Waals surface area contributed by atoms with Crippen LogP contribution in [0.15, 0.2) is 144 Å². The lowest BCUT2D eigenvalue weighted by Crippen LogP contribution is -2.42. The molecule has 62 heteroatoms. The number of nitrogens with two attached hydrogens (primary N) is 2. The number of hydrogen-bond donors (Lipinski definition) is 16. The molecular formula is C84H102N20O34P6S2. The lowest BCUT2D eigenvalue weighted by atomic mass is 9.91. The molecule has 14 rings (SSSR count). The molecule has 146 heavy (non-hydrogen) atoms. The van der Waals surface area contributed by atoms with Gasteiger partial charge < -0.3 is 121 Å². The number of hydrogen-bond acceptors (Lipinski definition) is 38. The smallest absolute Gasteiger partial charge is 0.487 e. The van der Waals surface area contributed by atoms with Gasteiger partial charge in [0.25, 0.3) is 38.6 Å². The summed E-state index contributed by atoms with van der Waals surface area (Å²) < 4.78 is 125. The van der Waals surface area contributed by atoms with Crippen molar-refractivity contribution in [3.05, 3.63) is 177 Å². The van der Waals surface area contributed by atoms with Crippen molar-refractivity contribution in [2.45, 2.75) is 74.8 Å². The number of carbonyl (C=O) groups is 6. The second kappa shape index (κ2) is 46.2. The van der Waals surface area contributed by atoms with E-state index in [1.165, 1.54) is 0 Å². The van der Waals surface area contributed by atoms with Gasteiger partial charge in [0.2, 0.25) is 34.4 Å². The van der Waals surface area contributed by atoms with Gasteiger partial charge in [-0.3, -0.25) is 66.0 Å². The summed E-state index contributed by atoms with van der Waals surface area (Å²) in [6.45, 7) is -2.49. The van der Waals surface area contributed by atoms with Crippen molar-refractivity contribution in [1.29, 1.82) is 0 Å². The van der Waals surface area contributed by atoms with Crippen LogP contribution in [-0.2, 0) is 82.2 Å². The SMILES string of the molecule is CN(CCCC(=O)NCCNC(=O)O[C@@H]1[C@H](O)[C@@H](COP(=O)(O)OP(=O)(O)OP(=O)([O-])O)O[C@H]1n1cnc2c(=O)[nH]c(N)nc21)C(=O)c1ccccc1-c1c2ccc(=[N+](C)C)cc-2sc2cc(N(C)C)ccc12.CN(CCCC(=O)NCCNC(=O)O[C@H]1[C@@H](O)[C@H](n2cnc3c(=O)[nH]c(N)nc32)O[C@@H]1COP(=O)(O)OP(=O)(O)OP(=O)([O-])O)C(=O)c1ccccc1-c1c2ccc(=[N+](C)C)cc-2sc2cc(N(C)C)ccc12. The summed E-state index contributed by atoms with van der Waals surface area (Å²) in [6.07, 6.45) is -13.7. The van der Waals surface area contributed by atoms with Crippen molar-refractivity contribution in [2.24, 2.45) is 0 Å². The van der Waals surface area contributed by atoms with Crippen LogP contribution in [0, 0.1) is 0 Å². The summed E-state index contributed by atoms with van der Waals surface area (Å²) in [5.41, 5.74) is 17.4. The largest absolute Gasteiger partial charge is 0.756 e. The Morgan fingerprint density at radius 1 is 0.493 bits per heavy atom. The number of rotatable bonds is 38. The number of ether oxygens (including phenoxy) is 4. The predicted octanol–water partition coefficient (Wildman–Crippen LogP) is 3.04. The quantitative estimate of drug-likeness (QED) is 0.0114. The summed E-state index contributed by atoms with van der Waals surface area (Å²) in [6, 6.07) is 40.0. The number of benzene rings is 6. The Morgan fingerprint density at radius 2 is 0.884 bits per heavy atom. The van der Waals surface area contributed by atoms with Gasteiger partial charge in [-0.1, -0.05) is 48.5 Å². The van der Waals surface area contributed by atoms with Gasteiger partial charge in [0.05, 0.1) is 25.9 Å². The molecule has 18 N–H and O–H groups in total. The van der Waals surface area contributed by atoms with Gasteiger partial charge >= 0.3 is 43.5 Å². The molecule has 8 aromatic rings. The number of nitrogen functional groups attached to an aromatic ring is 2. The van der Waals surface area contributed by atoms with Gasteiger partial charge in [-0.2, -0.15) is 18.6 Å². The zero-order valence-electron chi connectivity index (χ0n) is 79.0. The van der Waals surface area contributed by atoms with Crippen molar-refractivity contribution in [2.75, 3.05) is 144 Å². The lowest BCUT2D eigenvalue weighted by Gasteiger charge is -2.23. The Kier molecular flexibility index (Phi) is 35.2. The Morgan fingerprint density at radius 3 is 1.29 bits per heavy atom. The number of nitrogens with one attached hydrogen (secondary N) is 6. The summed E-state index contributed by atoms with van der Waals surface area (Å²) in [4.78, 5) is 213. The second-order valence-electron chi connectivity index (χ2n) is 33.7. The van der Waals surface area contributed by atoms with Crippen LogP contribution in [0.5, 0.6) is 0 Å². The van der Waals surface area contributed by atoms with Gasteiger partial charge in [-0.15, -0.1) is 22.7 Å². The van der Waals surface area contributed by atoms with Crippen LogP contribution in [0.25, 0.3) is 85.6 Å². The molecule has 6 amide bonds. The number of phosphoric acid groups is 6. The van der Waals surface area contributed by atoms with Crippen LogP contribution in [0.4, 0.5) is 32.9 Å². The first-order chi connectivity index (χ1) is 68.6. The third-order valence-corrected chi connectivity index (χ3v) is 32.2. The Bertz CT molecular complexity index is 7520. The third-order valence-electron chi connectivity index (χ3n) is 22.4. The van der Waals surface area contributed by atoms with Gasteiger partial charge in [0.1, 0.15) is 52.6 Å². The molecule has 4 aliphatic heterocycles. The standard InChI is InChI=1S/2C42H51N10O17P3S/c1-49(2)23-12-14-27-30(19-23)73-31-20-24(50(3)4)13-15-28(31)33(27)25-9-6-7-10-26(25)39(56)51(5)18-8-11-32(53)44-16-17-45-42(57)67-36-29(21-65-71(61,62)69-72(63,64)68-70(58,59)60)66-40(35(36)54)52-22-46-34-37(52)47-41(43)48-38(34)55;1-49(2)23-12-14-27-30(19-23)73-31-20-24(50(3)4)13-15-28(31)33(27)25-9-6-7-10-26(25)39(56)51(5)18-8-11-32(53)44-16-17-45-42(57)67-36-35(54)29(21-65-71(61,62)69-72(63,64)68-70(58,59)60)66-40(36)52-22-46-34-37(52)47-41(43)48-38(34)55/h2*6-7,9-10,12-15,19-20,22,29,35-36,40,54H,8,11,16-18,21H2,1-5H3,(H8-,43,44,45,47,48,53,55,57,58,59,60,61,62,63,64)/t2*29-,35-,36-,40-/m11/s1. The number of aliphatic hydroxyl groups excluding tert-OH is 2. The van der Waals surface area contributed by atoms with Gasteiger partial charge in [-0.05, 0) is 83.6 Å². The van der Waals surface area contributed by atoms with E-state index in [2.05, 4.69) is 150 Å². The first kappa shape index (κ1) is 111. The molecule has 2 aliphatic carbocycles. The highest BCUT2D eigenvalue weighted by atomic mass is 32.1. The molecular weight excluding hydrogens is 2080 g/mol. The normalized spacial score (nSPS) is 19.2. The minimum absolute atomic E-state index is 0.0119. The average molecular weight is 2190 g/mol. The van der Waals surface area contributed by atoms with E-state index in [1.54, 1.807) is 58.7 Å². The fourth-order valence-electron chi connectivity index (χ4n) is 15.6. The van der Waals surface area contributed by atoms with E-state index in [9.17, 15) is 105 Å². The monoisotopic (exact) mass is 2180 g/mol. The number of alkyl carbamates (subject to hydrolysis) is 2. The molecule has 6 aliphatic rings. The van der Waals surface area contributed by atoms with E-state index >= 15 is 0 Å². The molecule has 0 bridgehead atoms. The Labute approximate surface area is 835 Å². The highest BCUT2D eigenvalue weighted by Gasteiger charge is 2.52. The molecule has 8 heterocycles. The number of carbonyl (C=O) groups excluding carboxylic acids is 6. The van der Waals surface area contributed by atoms with Crippen molar-refractivity contribution in [3.63, 3.8) is 0 Å². The lowest BCUT2D eigenvalue weighted by molar-refractivity contribution is -0.214. The van der Waals surface area contributed by atoms with E-state index in [4.69, 9.17) is 40.2 Å². The van der Waals surface area contributed by atoms with Gasteiger partial charge in [0.15, 0.2) is 47.0 Å². The van der Waals surface area contributed by atoms with E-state index in [-0.39, 0.29) is 105 Å². The summed E-state index contributed by atoms with van der Waals surface area (Å²) in [5.74, 6) is -1.98. The molecule has 0 saturated carbocycles. The summed E-state index contributed by atoms with van der Waals surface area (Å²) in [7, 11) is -16.1. The molecule has 0 spiro atoms. The average Bonchev–Trinajstić information content (AvgIpc) is 1.18. The number of aromatic nitrogens is 8. The molecule has 54 nitrogen and oxygen atoms in total. The molecule has 4 aromatic carbocycles. The number of nitrogens with zero attached hydrogens (tertiary/aromatic N) is 12. The molecule has 14 atom stereocenters. The molecule has 6 unspecified atom stereocenters.